The number of hydrogen-bond donors (Lipinski definition) is 0. The maximum atomic E-state index is 5.88. The zero-order valence-electron chi connectivity index (χ0n) is 34.9. The van der Waals surface area contributed by atoms with E-state index in [-0.39, 0.29) is 12.6 Å². The topological polar surface area (TPSA) is 48.3 Å². The Kier molecular flexibility index (Phi) is 10.7. The molecule has 2 aromatic heterocycles. The summed E-state index contributed by atoms with van der Waals surface area (Å²) < 4.78 is 27.4. The molecule has 0 spiro atoms. The Bertz CT molecular complexity index is 2990. The molecule has 0 bridgehead atoms. The number of rotatable bonds is 13. The molecular weight excluding hydrogens is 787 g/mol. The first kappa shape index (κ1) is 38.9. The zero-order valence-corrected chi connectivity index (χ0v) is 35.7. The zero-order chi connectivity index (χ0) is 41.4. The maximum Gasteiger partial charge on any atom is 0.184 e. The van der Waals surface area contributed by atoms with Crippen LogP contribution in [-0.2, 0) is 25.5 Å². The van der Waals surface area contributed by atoms with Gasteiger partial charge in [-0.25, -0.2) is 0 Å². The van der Waals surface area contributed by atoms with Crippen LogP contribution in [0.5, 0.6) is 0 Å². The Morgan fingerprint density at radius 3 is 1.63 bits per heavy atom. The second-order valence-corrected chi connectivity index (χ2v) is 17.2. The van der Waals surface area contributed by atoms with E-state index in [1.165, 1.54) is 66.9 Å². The largest absolute Gasteiger partial charge is 0.346 e. The van der Waals surface area contributed by atoms with Crippen molar-refractivity contribution < 1.29 is 18.9 Å². The number of aromatic nitrogens is 1. The summed E-state index contributed by atoms with van der Waals surface area (Å²) in [6, 6.07) is 57.4. The molecule has 0 radical (unpaired) electrons. The third-order valence-corrected chi connectivity index (χ3v) is 13.5. The maximum absolute atomic E-state index is 5.88. The lowest BCUT2D eigenvalue weighted by Crippen LogP contribution is -2.11. The first-order valence-corrected chi connectivity index (χ1v) is 22.8. The Morgan fingerprint density at radius 2 is 1.03 bits per heavy atom. The van der Waals surface area contributed by atoms with Crippen molar-refractivity contribution in [3.63, 3.8) is 0 Å². The highest BCUT2D eigenvalue weighted by Gasteiger charge is 2.25. The first-order chi connectivity index (χ1) is 30.7. The number of unbranched alkanes of at least 4 members (excludes halogenated alkanes) is 3. The van der Waals surface area contributed by atoms with Crippen molar-refractivity contribution in [2.24, 2.45) is 0 Å². The second kappa shape index (κ2) is 17.0. The highest BCUT2D eigenvalue weighted by Crippen LogP contribution is 2.49. The van der Waals surface area contributed by atoms with Crippen LogP contribution < -0.4 is 9.80 Å². The number of hydrogen-bond acceptors (Lipinski definition) is 7. The van der Waals surface area contributed by atoms with Gasteiger partial charge < -0.3 is 33.3 Å². The SMILES string of the molecule is CCCCCCn1c2ccc(N(c3ccc(C4OCCO4)cc3)c3cccc4ccccc34)cc2c2sc(N(c3ccc(C4OCCO4)cc3)c3cccc4ccccc34)cc21. The fourth-order valence-corrected chi connectivity index (χ4v) is 10.5. The van der Waals surface area contributed by atoms with Crippen LogP contribution in [0.1, 0.15) is 56.3 Å². The summed E-state index contributed by atoms with van der Waals surface area (Å²) in [5.74, 6) is 0. The van der Waals surface area contributed by atoms with Gasteiger partial charge in [-0.3, -0.25) is 0 Å². The van der Waals surface area contributed by atoms with Gasteiger partial charge in [0.15, 0.2) is 12.6 Å². The number of ether oxygens (including phenoxy) is 4. The molecule has 4 heterocycles. The molecule has 8 heteroatoms. The molecule has 0 N–H and O–H groups in total. The molecule has 0 amide bonds. The molecular formula is C54H49N3O4S. The quantitative estimate of drug-likeness (QED) is 0.108. The van der Waals surface area contributed by atoms with Gasteiger partial charge in [-0.15, -0.1) is 11.3 Å². The Labute approximate surface area is 366 Å². The van der Waals surface area contributed by atoms with Crippen molar-refractivity contribution in [3.8, 4) is 0 Å². The smallest absolute Gasteiger partial charge is 0.184 e. The summed E-state index contributed by atoms with van der Waals surface area (Å²) in [4.78, 5) is 4.84. The molecule has 2 fully saturated rings. The molecule has 0 aliphatic carbocycles. The molecule has 7 nitrogen and oxygen atoms in total. The van der Waals surface area contributed by atoms with Crippen molar-refractivity contribution in [1.29, 1.82) is 0 Å². The summed E-state index contributed by atoms with van der Waals surface area (Å²) in [6.45, 7) is 5.70. The number of fused-ring (bicyclic) bond motifs is 5. The summed E-state index contributed by atoms with van der Waals surface area (Å²) in [7, 11) is 0. The summed E-state index contributed by atoms with van der Waals surface area (Å²) in [5.41, 5.74) is 10.1. The molecule has 11 rings (SSSR count). The van der Waals surface area contributed by atoms with E-state index in [1.807, 2.05) is 11.3 Å². The highest BCUT2D eigenvalue weighted by molar-refractivity contribution is 7.24. The standard InChI is InChI=1S/C54H49N3O4S/c1-2-3-4-9-30-55-47-29-28-43(56(48-18-10-14-37-12-5-7-16-44(37)48)41-24-20-39(21-25-41)53-58-31-32-59-53)35-46(47)52-50(55)36-51(62-52)57(49-19-11-15-38-13-6-8-17-45(38)49)42-26-22-40(23-27-42)54-60-33-34-61-54/h5-8,10-29,35-36,53-54H,2-4,9,30-34H2,1H3. The molecule has 0 unspecified atom stereocenters. The van der Waals surface area contributed by atoms with Gasteiger partial charge in [0, 0.05) is 50.9 Å². The number of thiophene rings is 1. The Hall–Kier alpha value is -6.00. The average molecular weight is 836 g/mol. The second-order valence-electron chi connectivity index (χ2n) is 16.2. The predicted molar refractivity (Wildman–Crippen MR) is 255 cm³/mol. The van der Waals surface area contributed by atoms with Crippen molar-refractivity contribution in [2.75, 3.05) is 36.2 Å². The lowest BCUT2D eigenvalue weighted by molar-refractivity contribution is -0.0443. The van der Waals surface area contributed by atoms with Crippen LogP contribution >= 0.6 is 11.3 Å². The van der Waals surface area contributed by atoms with Gasteiger partial charge in [0.25, 0.3) is 0 Å². The summed E-state index contributed by atoms with van der Waals surface area (Å²) in [5, 5.41) is 7.23. The number of anilines is 6. The third kappa shape index (κ3) is 7.21. The fraction of sp³-hybridized carbons (Fsp3) is 0.222. The van der Waals surface area contributed by atoms with Gasteiger partial charge >= 0.3 is 0 Å². The minimum Gasteiger partial charge on any atom is -0.346 e. The molecule has 2 aliphatic heterocycles. The normalized spacial score (nSPS) is 14.9. The van der Waals surface area contributed by atoms with E-state index in [4.69, 9.17) is 18.9 Å². The third-order valence-electron chi connectivity index (χ3n) is 12.3. The summed E-state index contributed by atoms with van der Waals surface area (Å²) in [6.07, 6.45) is 4.12. The van der Waals surface area contributed by atoms with Crippen molar-refractivity contribution in [1.82, 2.24) is 4.57 Å². The lowest BCUT2D eigenvalue weighted by atomic mass is 10.1. The van der Waals surface area contributed by atoms with E-state index in [0.29, 0.717) is 26.4 Å². The predicted octanol–water partition coefficient (Wildman–Crippen LogP) is 14.8. The average Bonchev–Trinajstić information content (AvgIpc) is 4.17. The minimum atomic E-state index is -0.327. The molecule has 0 atom stereocenters. The summed E-state index contributed by atoms with van der Waals surface area (Å²) >= 11 is 1.87. The Balaban J connectivity index is 1.09. The van der Waals surface area contributed by atoms with Crippen molar-refractivity contribution in [3.05, 3.63) is 169 Å². The van der Waals surface area contributed by atoms with E-state index >= 15 is 0 Å². The monoisotopic (exact) mass is 835 g/mol. The van der Waals surface area contributed by atoms with E-state index < -0.39 is 0 Å². The van der Waals surface area contributed by atoms with Crippen LogP contribution in [0, 0.1) is 0 Å². The Morgan fingerprint density at radius 1 is 0.500 bits per heavy atom. The van der Waals surface area contributed by atoms with Gasteiger partial charge in [-0.05, 0) is 77.9 Å². The number of benzene rings is 7. The minimum absolute atomic E-state index is 0.325. The van der Waals surface area contributed by atoms with Crippen LogP contribution in [-0.4, -0.2) is 31.0 Å². The molecule has 9 aromatic rings. The van der Waals surface area contributed by atoms with Crippen molar-refractivity contribution in [2.45, 2.75) is 51.7 Å². The van der Waals surface area contributed by atoms with Gasteiger partial charge in [0.1, 0.15) is 5.00 Å². The van der Waals surface area contributed by atoms with Gasteiger partial charge in [-0.2, -0.15) is 0 Å². The van der Waals surface area contributed by atoms with Crippen LogP contribution in [0.4, 0.5) is 33.4 Å². The molecule has 7 aromatic carbocycles. The van der Waals surface area contributed by atoms with Gasteiger partial charge in [0.05, 0.1) is 53.5 Å². The molecule has 2 aliphatic rings. The molecule has 310 valence electrons. The molecule has 2 saturated heterocycles. The molecule has 62 heavy (non-hydrogen) atoms. The van der Waals surface area contributed by atoms with Gasteiger partial charge in [-0.1, -0.05) is 123 Å². The van der Waals surface area contributed by atoms with Crippen molar-refractivity contribution >= 4 is 87.4 Å². The number of aryl methyl sites for hydroxylation is 1. The first-order valence-electron chi connectivity index (χ1n) is 22.0. The fourth-order valence-electron chi connectivity index (χ4n) is 9.30. The number of nitrogens with zero attached hydrogens (tertiary/aromatic N) is 3. The van der Waals surface area contributed by atoms with E-state index in [9.17, 15) is 0 Å². The van der Waals surface area contributed by atoms with E-state index in [2.05, 4.69) is 179 Å². The van der Waals surface area contributed by atoms with Crippen LogP contribution in [0.2, 0.25) is 0 Å². The van der Waals surface area contributed by atoms with E-state index in [0.717, 1.165) is 52.5 Å². The lowest BCUT2D eigenvalue weighted by Gasteiger charge is -2.27. The van der Waals surface area contributed by atoms with Crippen LogP contribution in [0.15, 0.2) is 158 Å². The van der Waals surface area contributed by atoms with Gasteiger partial charge in [0.2, 0.25) is 0 Å². The van der Waals surface area contributed by atoms with E-state index in [1.54, 1.807) is 0 Å². The van der Waals surface area contributed by atoms with Crippen LogP contribution in [0.3, 0.4) is 0 Å². The highest BCUT2D eigenvalue weighted by atomic mass is 32.1. The molecule has 0 saturated carbocycles. The van der Waals surface area contributed by atoms with Crippen LogP contribution in [0.25, 0.3) is 42.7 Å².